The Hall–Kier alpha value is -1.66. The number of rotatable bonds is 5. The highest BCUT2D eigenvalue weighted by Gasteiger charge is 2.05. The van der Waals surface area contributed by atoms with Gasteiger partial charge in [-0.2, -0.15) is 0 Å². The summed E-state index contributed by atoms with van der Waals surface area (Å²) in [4.78, 5) is 11.2. The average Bonchev–Trinajstić information content (AvgIpc) is 2.24. The molecule has 1 aromatic carbocycles. The first-order valence-corrected chi connectivity index (χ1v) is 4.69. The van der Waals surface area contributed by atoms with Crippen molar-refractivity contribution in [2.45, 2.75) is 0 Å². The van der Waals surface area contributed by atoms with Gasteiger partial charge in [0, 0.05) is 18.3 Å². The minimum atomic E-state index is -0.791. The van der Waals surface area contributed by atoms with Crippen molar-refractivity contribution in [2.24, 2.45) is 5.73 Å². The van der Waals surface area contributed by atoms with Gasteiger partial charge in [0.25, 0.3) is 0 Å². The van der Waals surface area contributed by atoms with E-state index in [1.54, 1.807) is 0 Å². The maximum absolute atomic E-state index is 12.9. The van der Waals surface area contributed by atoms with Crippen LogP contribution >= 0.6 is 0 Å². The van der Waals surface area contributed by atoms with Gasteiger partial charge in [-0.05, 0) is 12.1 Å². The highest BCUT2D eigenvalue weighted by molar-refractivity contribution is 5.91. The van der Waals surface area contributed by atoms with E-state index in [0.29, 0.717) is 6.54 Å². The van der Waals surface area contributed by atoms with Gasteiger partial charge in [0.15, 0.2) is 11.6 Å². The monoisotopic (exact) mass is 228 g/mol. The molecule has 6 heteroatoms. The third kappa shape index (κ3) is 3.84. The van der Waals surface area contributed by atoms with E-state index in [0.717, 1.165) is 12.1 Å². The van der Waals surface area contributed by atoms with Gasteiger partial charge in [0.1, 0.15) is 6.61 Å². The average molecular weight is 228 g/mol. The molecule has 0 saturated heterocycles. The quantitative estimate of drug-likeness (QED) is 0.504. The molecule has 0 aliphatic carbocycles. The first kappa shape index (κ1) is 12.4. The topological polar surface area (TPSA) is 84.6 Å². The van der Waals surface area contributed by atoms with Crippen LogP contribution in [0.4, 0.5) is 10.1 Å². The maximum Gasteiger partial charge on any atom is 0.250 e. The molecule has 1 rings (SSSR count). The number of carbonyl (C=O) groups excluding carboxylic acids is 1. The zero-order valence-electron chi connectivity index (χ0n) is 8.57. The number of hydrogen-bond acceptors (Lipinski definition) is 4. The molecule has 0 atom stereocenters. The van der Waals surface area contributed by atoms with E-state index in [4.69, 9.17) is 15.6 Å². The fourth-order valence-corrected chi connectivity index (χ4v) is 1.03. The van der Waals surface area contributed by atoms with Gasteiger partial charge in [0.05, 0.1) is 6.61 Å². The third-order valence-electron chi connectivity index (χ3n) is 1.73. The van der Waals surface area contributed by atoms with Crippen molar-refractivity contribution < 1.29 is 19.0 Å². The van der Waals surface area contributed by atoms with Gasteiger partial charge in [-0.15, -0.1) is 0 Å². The number of ether oxygens (including phenoxy) is 1. The molecule has 0 heterocycles. The second kappa shape index (κ2) is 6.04. The highest BCUT2D eigenvalue weighted by Crippen LogP contribution is 2.19. The number of hydrogen-bond donors (Lipinski definition) is 3. The second-order valence-corrected chi connectivity index (χ2v) is 3.06. The summed E-state index contributed by atoms with van der Waals surface area (Å²) in [5.41, 5.74) is 5.43. The first-order valence-electron chi connectivity index (χ1n) is 4.69. The largest absolute Gasteiger partial charge is 0.505 e. The second-order valence-electron chi connectivity index (χ2n) is 3.06. The van der Waals surface area contributed by atoms with Crippen LogP contribution < -0.4 is 11.1 Å². The van der Waals surface area contributed by atoms with Crippen molar-refractivity contribution in [3.63, 3.8) is 0 Å². The summed E-state index contributed by atoms with van der Waals surface area (Å²) >= 11 is 0. The number of benzene rings is 1. The van der Waals surface area contributed by atoms with Gasteiger partial charge in [-0.1, -0.05) is 0 Å². The number of anilines is 1. The Labute approximate surface area is 92.0 Å². The first-order chi connectivity index (χ1) is 7.63. The summed E-state index contributed by atoms with van der Waals surface area (Å²) in [6.07, 6.45) is 0. The van der Waals surface area contributed by atoms with Gasteiger partial charge >= 0.3 is 0 Å². The molecule has 0 saturated carbocycles. The lowest BCUT2D eigenvalue weighted by Crippen LogP contribution is -2.20. The van der Waals surface area contributed by atoms with Crippen LogP contribution in [-0.2, 0) is 9.53 Å². The van der Waals surface area contributed by atoms with Crippen molar-refractivity contribution in [1.29, 1.82) is 0 Å². The predicted molar refractivity (Wildman–Crippen MR) is 56.6 cm³/mol. The SMILES string of the molecule is NCCOCC(=O)Nc1ccc(O)c(F)c1. The highest BCUT2D eigenvalue weighted by atomic mass is 19.1. The molecule has 0 unspecified atom stereocenters. The Kier molecular flexibility index (Phi) is 4.68. The zero-order chi connectivity index (χ0) is 12.0. The Balaban J connectivity index is 2.46. The molecule has 5 nitrogen and oxygen atoms in total. The van der Waals surface area contributed by atoms with Crippen LogP contribution in [0.2, 0.25) is 0 Å². The van der Waals surface area contributed by atoms with Gasteiger partial charge in [-0.3, -0.25) is 4.79 Å². The number of nitrogens with two attached hydrogens (primary N) is 1. The summed E-state index contributed by atoms with van der Waals surface area (Å²) in [6, 6.07) is 3.57. The van der Waals surface area contributed by atoms with E-state index in [1.807, 2.05) is 0 Å². The van der Waals surface area contributed by atoms with E-state index < -0.39 is 17.5 Å². The fourth-order valence-electron chi connectivity index (χ4n) is 1.03. The number of halogens is 1. The van der Waals surface area contributed by atoms with Gasteiger partial charge in [-0.25, -0.2) is 4.39 Å². The van der Waals surface area contributed by atoms with E-state index in [9.17, 15) is 9.18 Å². The molecule has 0 aliphatic rings. The zero-order valence-corrected chi connectivity index (χ0v) is 8.57. The van der Waals surface area contributed by atoms with E-state index >= 15 is 0 Å². The lowest BCUT2D eigenvalue weighted by atomic mass is 10.3. The number of phenolic OH excluding ortho intramolecular Hbond substituents is 1. The summed E-state index contributed by atoms with van der Waals surface area (Å²) < 4.78 is 17.8. The molecular weight excluding hydrogens is 215 g/mol. The van der Waals surface area contributed by atoms with E-state index in [-0.39, 0.29) is 18.9 Å². The molecule has 1 aromatic rings. The van der Waals surface area contributed by atoms with Crippen LogP contribution in [0.15, 0.2) is 18.2 Å². The number of aromatic hydroxyl groups is 1. The lowest BCUT2D eigenvalue weighted by Gasteiger charge is -2.06. The molecule has 0 spiro atoms. The van der Waals surface area contributed by atoms with E-state index in [2.05, 4.69) is 5.32 Å². The number of amides is 1. The third-order valence-corrected chi connectivity index (χ3v) is 1.73. The Bertz CT molecular complexity index is 371. The van der Waals surface area contributed by atoms with Crippen LogP contribution in [0.1, 0.15) is 0 Å². The van der Waals surface area contributed by atoms with Crippen LogP contribution in [0.5, 0.6) is 5.75 Å². The smallest absolute Gasteiger partial charge is 0.250 e. The molecule has 16 heavy (non-hydrogen) atoms. The molecule has 0 aromatic heterocycles. The van der Waals surface area contributed by atoms with Crippen molar-refractivity contribution >= 4 is 11.6 Å². The van der Waals surface area contributed by atoms with Crippen molar-refractivity contribution in [1.82, 2.24) is 0 Å². The number of nitrogens with one attached hydrogen (secondary N) is 1. The molecule has 4 N–H and O–H groups in total. The van der Waals surface area contributed by atoms with Crippen LogP contribution in [0.3, 0.4) is 0 Å². The normalized spacial score (nSPS) is 10.1. The van der Waals surface area contributed by atoms with Crippen molar-refractivity contribution in [3.8, 4) is 5.75 Å². The Morgan fingerprint density at radius 1 is 1.56 bits per heavy atom. The predicted octanol–water partition coefficient (Wildman–Crippen LogP) is 0.445. The van der Waals surface area contributed by atoms with Crippen molar-refractivity contribution in [3.05, 3.63) is 24.0 Å². The van der Waals surface area contributed by atoms with Crippen molar-refractivity contribution in [2.75, 3.05) is 25.1 Å². The molecule has 0 bridgehead atoms. The number of phenols is 1. The maximum atomic E-state index is 12.9. The van der Waals surface area contributed by atoms with Gasteiger partial charge in [0.2, 0.25) is 5.91 Å². The molecule has 0 aliphatic heterocycles. The molecular formula is C10H13FN2O3. The Morgan fingerprint density at radius 2 is 2.31 bits per heavy atom. The lowest BCUT2D eigenvalue weighted by molar-refractivity contribution is -0.120. The Morgan fingerprint density at radius 3 is 2.94 bits per heavy atom. The van der Waals surface area contributed by atoms with Crippen LogP contribution in [0.25, 0.3) is 0 Å². The fraction of sp³-hybridized carbons (Fsp3) is 0.300. The summed E-state index contributed by atoms with van der Waals surface area (Å²) in [7, 11) is 0. The van der Waals surface area contributed by atoms with Gasteiger partial charge < -0.3 is 20.9 Å². The van der Waals surface area contributed by atoms with Crippen LogP contribution in [0, 0.1) is 5.82 Å². The van der Waals surface area contributed by atoms with E-state index in [1.165, 1.54) is 6.07 Å². The standard InChI is InChI=1S/C10H13FN2O3/c11-8-5-7(1-2-9(8)14)13-10(15)6-16-4-3-12/h1-2,5,14H,3-4,6,12H2,(H,13,15). The number of carbonyl (C=O) groups is 1. The summed E-state index contributed by atoms with van der Waals surface area (Å²) in [5, 5.41) is 11.3. The summed E-state index contributed by atoms with van der Waals surface area (Å²) in [5.74, 6) is -1.66. The molecule has 0 radical (unpaired) electrons. The molecule has 0 fully saturated rings. The van der Waals surface area contributed by atoms with Crippen LogP contribution in [-0.4, -0.2) is 30.8 Å². The molecule has 88 valence electrons. The minimum absolute atomic E-state index is 0.139. The molecule has 1 amide bonds. The summed E-state index contributed by atoms with van der Waals surface area (Å²) in [6.45, 7) is 0.484. The minimum Gasteiger partial charge on any atom is -0.505 e.